The van der Waals surface area contributed by atoms with E-state index in [9.17, 15) is 9.59 Å². The first-order chi connectivity index (χ1) is 14.5. The monoisotopic (exact) mass is 422 g/mol. The quantitative estimate of drug-likeness (QED) is 0.489. The summed E-state index contributed by atoms with van der Waals surface area (Å²) in [5.74, 6) is -0.0606. The van der Waals surface area contributed by atoms with E-state index in [2.05, 4.69) is 26.8 Å². The highest BCUT2D eigenvalue weighted by atomic mass is 32.1. The number of ether oxygens (including phenoxy) is 1. The van der Waals surface area contributed by atoms with Crippen LogP contribution in [0.4, 0.5) is 5.69 Å². The first-order valence-corrected chi connectivity index (χ1v) is 10.5. The largest absolute Gasteiger partial charge is 0.490 e. The number of carbonyl (C=O) groups is 2. The Morgan fingerprint density at radius 2 is 2.07 bits per heavy atom. The normalized spacial score (nSPS) is 13.5. The number of hydrogen-bond acceptors (Lipinski definition) is 6. The van der Waals surface area contributed by atoms with Gasteiger partial charge in [0.05, 0.1) is 24.5 Å². The highest BCUT2D eigenvalue weighted by molar-refractivity contribution is 7.17. The Morgan fingerprint density at radius 1 is 1.23 bits per heavy atom. The topological polar surface area (TPSA) is 83.0 Å². The van der Waals surface area contributed by atoms with E-state index in [1.807, 2.05) is 43.6 Å². The van der Waals surface area contributed by atoms with Gasteiger partial charge in [0.25, 0.3) is 11.8 Å². The zero-order valence-electron chi connectivity index (χ0n) is 16.8. The molecule has 0 aliphatic carbocycles. The number of carbonyl (C=O) groups excluding carboxylic acids is 2. The number of benzene rings is 2. The summed E-state index contributed by atoms with van der Waals surface area (Å²) in [6.45, 7) is 3.06. The van der Waals surface area contributed by atoms with Crippen LogP contribution in [0.25, 0.3) is 10.1 Å². The smallest absolute Gasteiger partial charge is 0.259 e. The molecule has 1 aliphatic rings. The third-order valence-corrected chi connectivity index (χ3v) is 5.91. The van der Waals surface area contributed by atoms with Crippen molar-refractivity contribution < 1.29 is 14.3 Å². The van der Waals surface area contributed by atoms with E-state index in [0.717, 1.165) is 23.2 Å². The van der Waals surface area contributed by atoms with Crippen molar-refractivity contribution in [2.75, 3.05) is 31.6 Å². The predicted octanol–water partition coefficient (Wildman–Crippen LogP) is 3.00. The van der Waals surface area contributed by atoms with Gasteiger partial charge in [0, 0.05) is 33.6 Å². The molecule has 0 saturated carbocycles. The number of amides is 2. The number of hydrogen-bond donors (Lipinski definition) is 2. The van der Waals surface area contributed by atoms with Gasteiger partial charge in [-0.1, -0.05) is 18.2 Å². The van der Waals surface area contributed by atoms with Crippen LogP contribution < -0.4 is 20.4 Å². The van der Waals surface area contributed by atoms with Crippen LogP contribution >= 0.6 is 11.3 Å². The Morgan fingerprint density at radius 3 is 2.93 bits per heavy atom. The van der Waals surface area contributed by atoms with Crippen LogP contribution in [0.5, 0.6) is 5.75 Å². The minimum Gasteiger partial charge on any atom is -0.490 e. The van der Waals surface area contributed by atoms with Gasteiger partial charge in [-0.25, -0.2) is 5.43 Å². The van der Waals surface area contributed by atoms with Crippen molar-refractivity contribution in [1.29, 1.82) is 0 Å². The van der Waals surface area contributed by atoms with Crippen LogP contribution in [0, 0.1) is 0 Å². The number of fused-ring (bicyclic) bond motifs is 2. The van der Waals surface area contributed by atoms with Gasteiger partial charge in [0.1, 0.15) is 12.4 Å². The minimum atomic E-state index is -0.392. The van der Waals surface area contributed by atoms with Gasteiger partial charge in [-0.15, -0.1) is 11.3 Å². The number of rotatable bonds is 5. The number of anilines is 1. The van der Waals surface area contributed by atoms with Crippen LogP contribution in [-0.2, 0) is 4.79 Å². The van der Waals surface area contributed by atoms with Crippen LogP contribution in [0.15, 0.2) is 52.9 Å². The molecule has 0 fully saturated rings. The van der Waals surface area contributed by atoms with Crippen LogP contribution in [-0.4, -0.2) is 44.3 Å². The fourth-order valence-corrected chi connectivity index (χ4v) is 4.27. The number of nitrogens with one attached hydrogen (secondary N) is 2. The van der Waals surface area contributed by atoms with Crippen molar-refractivity contribution in [2.45, 2.75) is 6.92 Å². The summed E-state index contributed by atoms with van der Waals surface area (Å²) >= 11 is 1.63. The van der Waals surface area contributed by atoms with Gasteiger partial charge in [0.2, 0.25) is 0 Å². The molecule has 4 rings (SSSR count). The molecular formula is C22H22N4O3S. The Bertz CT molecular complexity index is 1140. The number of nitrogens with zero attached hydrogens (tertiary/aromatic N) is 2. The Balaban J connectivity index is 1.34. The molecule has 2 amide bonds. The Hall–Kier alpha value is -3.39. The van der Waals surface area contributed by atoms with Crippen molar-refractivity contribution >= 4 is 44.6 Å². The summed E-state index contributed by atoms with van der Waals surface area (Å²) in [5.41, 5.74) is 5.59. The summed E-state index contributed by atoms with van der Waals surface area (Å²) in [6.07, 6.45) is 0. The summed E-state index contributed by atoms with van der Waals surface area (Å²) in [4.78, 5) is 26.6. The van der Waals surface area contributed by atoms with E-state index in [1.54, 1.807) is 23.5 Å². The highest BCUT2D eigenvalue weighted by Crippen LogP contribution is 2.31. The number of thiophene rings is 1. The first-order valence-electron chi connectivity index (χ1n) is 9.59. The lowest BCUT2D eigenvalue weighted by atomic mass is 10.1. The highest BCUT2D eigenvalue weighted by Gasteiger charge is 2.17. The molecule has 2 aromatic carbocycles. The minimum absolute atomic E-state index is 0.169. The average Bonchev–Trinajstić information content (AvgIpc) is 3.20. The summed E-state index contributed by atoms with van der Waals surface area (Å²) < 4.78 is 6.79. The van der Waals surface area contributed by atoms with E-state index >= 15 is 0 Å². The molecule has 8 heteroatoms. The second-order valence-electron chi connectivity index (χ2n) is 7.01. The lowest BCUT2D eigenvalue weighted by Crippen LogP contribution is -2.35. The molecule has 0 bridgehead atoms. The number of likely N-dealkylation sites (N-methyl/N-ethyl adjacent to an activating group) is 1. The molecule has 2 N–H and O–H groups in total. The SMILES string of the molecule is CC(=NNC(=O)CNC(=O)c1ccc2c(c1)OCCN2C)c1csc2ccccc12. The predicted molar refractivity (Wildman–Crippen MR) is 120 cm³/mol. The standard InChI is InChI=1S/C22H22N4O3S/c1-14(17-13-30-20-6-4-3-5-16(17)20)24-25-21(27)12-23-22(28)15-7-8-18-19(11-15)29-10-9-26(18)2/h3-8,11,13H,9-10,12H2,1-2H3,(H,23,28)(H,25,27). The van der Waals surface area contributed by atoms with Crippen LogP contribution in [0.1, 0.15) is 22.8 Å². The van der Waals surface area contributed by atoms with Crippen molar-refractivity contribution in [3.63, 3.8) is 0 Å². The van der Waals surface area contributed by atoms with Crippen molar-refractivity contribution in [1.82, 2.24) is 10.7 Å². The lowest BCUT2D eigenvalue weighted by molar-refractivity contribution is -0.120. The summed E-state index contributed by atoms with van der Waals surface area (Å²) in [5, 5.41) is 9.92. The fourth-order valence-electron chi connectivity index (χ4n) is 3.27. The van der Waals surface area contributed by atoms with E-state index in [4.69, 9.17) is 4.74 Å². The van der Waals surface area contributed by atoms with E-state index in [-0.39, 0.29) is 12.5 Å². The molecule has 0 atom stereocenters. The molecule has 0 saturated heterocycles. The van der Waals surface area contributed by atoms with E-state index in [1.165, 1.54) is 4.70 Å². The van der Waals surface area contributed by atoms with E-state index in [0.29, 0.717) is 23.6 Å². The maximum absolute atomic E-state index is 12.4. The summed E-state index contributed by atoms with van der Waals surface area (Å²) in [7, 11) is 1.98. The van der Waals surface area contributed by atoms with Crippen LogP contribution in [0.2, 0.25) is 0 Å². The summed E-state index contributed by atoms with van der Waals surface area (Å²) in [6, 6.07) is 13.3. The van der Waals surface area contributed by atoms with Gasteiger partial charge in [0.15, 0.2) is 0 Å². The Labute approximate surface area is 178 Å². The lowest BCUT2D eigenvalue weighted by Gasteiger charge is -2.27. The second-order valence-corrected chi connectivity index (χ2v) is 7.92. The van der Waals surface area contributed by atoms with E-state index < -0.39 is 5.91 Å². The molecule has 0 radical (unpaired) electrons. The van der Waals surface area contributed by atoms with Gasteiger partial charge >= 0.3 is 0 Å². The average molecular weight is 423 g/mol. The van der Waals surface area contributed by atoms with Crippen molar-refractivity contribution in [3.8, 4) is 5.75 Å². The molecule has 2 heterocycles. The van der Waals surface area contributed by atoms with Gasteiger partial charge in [-0.2, -0.15) is 5.10 Å². The molecule has 7 nitrogen and oxygen atoms in total. The maximum atomic E-state index is 12.4. The van der Waals surface area contributed by atoms with Crippen molar-refractivity contribution in [3.05, 3.63) is 59.0 Å². The molecule has 0 unspecified atom stereocenters. The zero-order valence-corrected chi connectivity index (χ0v) is 17.6. The molecule has 154 valence electrons. The molecular weight excluding hydrogens is 400 g/mol. The fraction of sp³-hybridized carbons (Fsp3) is 0.227. The second kappa shape index (κ2) is 8.54. The third kappa shape index (κ3) is 4.13. The maximum Gasteiger partial charge on any atom is 0.259 e. The van der Waals surface area contributed by atoms with Crippen molar-refractivity contribution in [2.24, 2.45) is 5.10 Å². The zero-order chi connectivity index (χ0) is 21.1. The van der Waals surface area contributed by atoms with Gasteiger partial charge < -0.3 is 15.0 Å². The van der Waals surface area contributed by atoms with Crippen LogP contribution in [0.3, 0.4) is 0 Å². The number of hydrazone groups is 1. The molecule has 1 aliphatic heterocycles. The van der Waals surface area contributed by atoms with Gasteiger partial charge in [-0.3, -0.25) is 9.59 Å². The molecule has 3 aromatic rings. The molecule has 30 heavy (non-hydrogen) atoms. The first kappa shape index (κ1) is 19.9. The molecule has 1 aromatic heterocycles. The molecule has 0 spiro atoms. The van der Waals surface area contributed by atoms with Gasteiger partial charge in [-0.05, 0) is 31.2 Å². The third-order valence-electron chi connectivity index (χ3n) is 4.95. The Kier molecular flexibility index (Phi) is 5.67.